The van der Waals surface area contributed by atoms with Crippen LogP contribution >= 0.6 is 0 Å². The predicted octanol–water partition coefficient (Wildman–Crippen LogP) is 4.41. The summed E-state index contributed by atoms with van der Waals surface area (Å²) in [5.74, 6) is -0.293. The first-order chi connectivity index (χ1) is 20.1. The molecule has 0 radical (unpaired) electrons. The maximum atomic E-state index is 14.0. The summed E-state index contributed by atoms with van der Waals surface area (Å²) in [4.78, 5) is 36.2. The molecule has 0 unspecified atom stereocenters. The Morgan fingerprint density at radius 3 is 2.20 bits per heavy atom. The van der Waals surface area contributed by atoms with Gasteiger partial charge in [-0.05, 0) is 35.7 Å². The van der Waals surface area contributed by atoms with E-state index in [0.29, 0.717) is 11.4 Å². The molecule has 3 N–H and O–H groups in total. The largest absolute Gasteiger partial charge is 0.369 e. The van der Waals surface area contributed by atoms with E-state index in [2.05, 4.69) is 31.0 Å². The number of nitrogens with one attached hydrogen (secondary N) is 3. The average molecular weight is 544 g/mol. The number of amides is 2. The standard InChI is InChI=1S/C32H29N7O2/c1-39-26(17-19-36-39)31(40)38-29(27(21-8-4-2-5-9-21)22-10-6-3-7-11-22)32(41)37-24-14-12-23(13-15-24)28-25-16-18-33-30(25)35-20-34-28/h2-15,17,19-20,27,29H,16,18H2,1H3,(H,37,41)(H,38,40)(H,33,34,35)/t29-/m0/s1. The second-order valence-electron chi connectivity index (χ2n) is 9.88. The highest BCUT2D eigenvalue weighted by atomic mass is 16.2. The van der Waals surface area contributed by atoms with Crippen LogP contribution in [0.4, 0.5) is 11.5 Å². The van der Waals surface area contributed by atoms with Crippen LogP contribution in [0.25, 0.3) is 11.3 Å². The van der Waals surface area contributed by atoms with Gasteiger partial charge in [0.2, 0.25) is 5.91 Å². The number of carbonyl (C=O) groups is 2. The fourth-order valence-corrected chi connectivity index (χ4v) is 5.30. The number of aromatic nitrogens is 4. The molecule has 9 heteroatoms. The lowest BCUT2D eigenvalue weighted by atomic mass is 9.84. The number of carbonyl (C=O) groups excluding carboxylic acids is 2. The fourth-order valence-electron chi connectivity index (χ4n) is 5.30. The Bertz CT molecular complexity index is 1630. The highest BCUT2D eigenvalue weighted by Gasteiger charge is 2.33. The lowest BCUT2D eigenvalue weighted by molar-refractivity contribution is -0.118. The number of fused-ring (bicyclic) bond motifs is 1. The minimum Gasteiger partial charge on any atom is -0.369 e. The second kappa shape index (κ2) is 11.4. The molecule has 0 saturated carbocycles. The lowest BCUT2D eigenvalue weighted by Gasteiger charge is -2.28. The number of nitrogens with zero attached hydrogens (tertiary/aromatic N) is 4. The zero-order valence-electron chi connectivity index (χ0n) is 22.5. The zero-order chi connectivity index (χ0) is 28.2. The molecular weight excluding hydrogens is 514 g/mol. The smallest absolute Gasteiger partial charge is 0.270 e. The van der Waals surface area contributed by atoms with Gasteiger partial charge in [0.15, 0.2) is 0 Å². The van der Waals surface area contributed by atoms with E-state index in [0.717, 1.165) is 46.7 Å². The van der Waals surface area contributed by atoms with Crippen molar-refractivity contribution >= 4 is 23.3 Å². The molecular formula is C32H29N7O2. The van der Waals surface area contributed by atoms with Gasteiger partial charge in [-0.25, -0.2) is 9.97 Å². The van der Waals surface area contributed by atoms with E-state index in [4.69, 9.17) is 0 Å². The average Bonchev–Trinajstić information content (AvgIpc) is 3.67. The molecule has 41 heavy (non-hydrogen) atoms. The van der Waals surface area contributed by atoms with Gasteiger partial charge in [0, 0.05) is 42.5 Å². The van der Waals surface area contributed by atoms with Gasteiger partial charge in [-0.1, -0.05) is 72.8 Å². The molecule has 1 aliphatic rings. The fraction of sp³-hybridized carbons (Fsp3) is 0.156. The Balaban J connectivity index is 1.32. The zero-order valence-corrected chi connectivity index (χ0v) is 22.5. The summed E-state index contributed by atoms with van der Waals surface area (Å²) in [6, 6.07) is 27.8. The summed E-state index contributed by atoms with van der Waals surface area (Å²) >= 11 is 0. The first-order valence-corrected chi connectivity index (χ1v) is 13.5. The highest BCUT2D eigenvalue weighted by Crippen LogP contribution is 2.31. The third-order valence-electron chi connectivity index (χ3n) is 7.31. The van der Waals surface area contributed by atoms with Crippen molar-refractivity contribution in [1.29, 1.82) is 0 Å². The van der Waals surface area contributed by atoms with Crippen molar-refractivity contribution in [2.24, 2.45) is 7.05 Å². The van der Waals surface area contributed by atoms with Gasteiger partial charge in [-0.15, -0.1) is 0 Å². The van der Waals surface area contributed by atoms with Gasteiger partial charge in [0.25, 0.3) is 5.91 Å². The van der Waals surface area contributed by atoms with E-state index in [9.17, 15) is 9.59 Å². The van der Waals surface area contributed by atoms with Gasteiger partial charge in [0.1, 0.15) is 23.9 Å². The summed E-state index contributed by atoms with van der Waals surface area (Å²) < 4.78 is 1.49. The maximum absolute atomic E-state index is 14.0. The Hall–Kier alpha value is -5.31. The molecule has 9 nitrogen and oxygen atoms in total. The number of hydrogen-bond acceptors (Lipinski definition) is 6. The van der Waals surface area contributed by atoms with Crippen molar-refractivity contribution in [3.05, 3.63) is 126 Å². The number of benzene rings is 3. The van der Waals surface area contributed by atoms with Gasteiger partial charge >= 0.3 is 0 Å². The summed E-state index contributed by atoms with van der Waals surface area (Å²) in [6.45, 7) is 0.838. The molecule has 0 fully saturated rings. The van der Waals surface area contributed by atoms with E-state index in [-0.39, 0.29) is 11.8 Å². The Morgan fingerprint density at radius 1 is 0.878 bits per heavy atom. The van der Waals surface area contributed by atoms with E-state index in [1.807, 2.05) is 84.9 Å². The van der Waals surface area contributed by atoms with Gasteiger partial charge in [-0.3, -0.25) is 14.3 Å². The molecule has 2 aromatic heterocycles. The molecule has 1 atom stereocenters. The molecule has 3 heterocycles. The first kappa shape index (κ1) is 25.9. The van der Waals surface area contributed by atoms with Crippen molar-refractivity contribution in [2.45, 2.75) is 18.4 Å². The lowest BCUT2D eigenvalue weighted by Crippen LogP contribution is -2.48. The summed E-state index contributed by atoms with van der Waals surface area (Å²) in [7, 11) is 1.69. The van der Waals surface area contributed by atoms with Gasteiger partial charge in [0.05, 0.1) is 5.69 Å². The van der Waals surface area contributed by atoms with Crippen LogP contribution in [0.1, 0.15) is 33.1 Å². The molecule has 0 spiro atoms. The monoisotopic (exact) mass is 543 g/mol. The maximum Gasteiger partial charge on any atom is 0.270 e. The minimum absolute atomic E-state index is 0.335. The second-order valence-corrected chi connectivity index (χ2v) is 9.88. The molecule has 2 amide bonds. The van der Waals surface area contributed by atoms with Gasteiger partial charge < -0.3 is 16.0 Å². The first-order valence-electron chi connectivity index (χ1n) is 13.5. The van der Waals surface area contributed by atoms with Gasteiger partial charge in [-0.2, -0.15) is 5.10 Å². The van der Waals surface area contributed by atoms with E-state index >= 15 is 0 Å². The highest BCUT2D eigenvalue weighted by molar-refractivity contribution is 6.01. The predicted molar refractivity (Wildman–Crippen MR) is 157 cm³/mol. The summed E-state index contributed by atoms with van der Waals surface area (Å²) in [6.07, 6.45) is 3.98. The topological polar surface area (TPSA) is 114 Å². The van der Waals surface area contributed by atoms with Crippen LogP contribution in [0.5, 0.6) is 0 Å². The number of anilines is 2. The molecule has 0 bridgehead atoms. The normalized spacial score (nSPS) is 12.8. The van der Waals surface area contributed by atoms with Crippen molar-refractivity contribution in [3.63, 3.8) is 0 Å². The van der Waals surface area contributed by atoms with Crippen molar-refractivity contribution in [1.82, 2.24) is 25.1 Å². The van der Waals surface area contributed by atoms with E-state index in [1.54, 1.807) is 25.6 Å². The third-order valence-corrected chi connectivity index (χ3v) is 7.31. The van der Waals surface area contributed by atoms with Crippen LogP contribution < -0.4 is 16.0 Å². The summed E-state index contributed by atoms with van der Waals surface area (Å²) in [5.41, 5.74) is 5.71. The van der Waals surface area contributed by atoms with Crippen LogP contribution in [0.3, 0.4) is 0 Å². The van der Waals surface area contributed by atoms with E-state index < -0.39 is 12.0 Å². The Morgan fingerprint density at radius 2 is 1.56 bits per heavy atom. The minimum atomic E-state index is -0.918. The van der Waals surface area contributed by atoms with Crippen LogP contribution in [-0.4, -0.2) is 44.1 Å². The summed E-state index contributed by atoms with van der Waals surface area (Å²) in [5, 5.41) is 13.4. The van der Waals surface area contributed by atoms with Crippen LogP contribution in [0.2, 0.25) is 0 Å². The molecule has 3 aromatic carbocycles. The van der Waals surface area contributed by atoms with Crippen LogP contribution in [0.15, 0.2) is 104 Å². The molecule has 6 rings (SSSR count). The Kier molecular flexibility index (Phi) is 7.23. The molecule has 0 saturated heterocycles. The molecule has 204 valence electrons. The number of hydrogen-bond donors (Lipinski definition) is 3. The molecule has 5 aromatic rings. The van der Waals surface area contributed by atoms with Crippen molar-refractivity contribution in [2.75, 3.05) is 17.2 Å². The third kappa shape index (κ3) is 5.42. The quantitative estimate of drug-likeness (QED) is 0.267. The SMILES string of the molecule is Cn1nccc1C(=O)N[C@H](C(=O)Nc1ccc(-c2ncnc3c2CCN3)cc1)C(c1ccccc1)c1ccccc1. The Labute approximate surface area is 237 Å². The van der Waals surface area contributed by atoms with E-state index in [1.165, 1.54) is 4.68 Å². The van der Waals surface area contributed by atoms with Crippen molar-refractivity contribution in [3.8, 4) is 11.3 Å². The molecule has 1 aliphatic heterocycles. The molecule has 0 aliphatic carbocycles. The number of aryl methyl sites for hydroxylation is 1. The van der Waals surface area contributed by atoms with Crippen LogP contribution in [0, 0.1) is 0 Å². The van der Waals surface area contributed by atoms with Crippen LogP contribution in [-0.2, 0) is 18.3 Å². The number of rotatable bonds is 8. The van der Waals surface area contributed by atoms with Crippen molar-refractivity contribution < 1.29 is 9.59 Å².